The normalized spacial score (nSPS) is 14.7. The predicted molar refractivity (Wildman–Crippen MR) is 160 cm³/mol. The number of aromatic hydroxyl groups is 1. The maximum absolute atomic E-state index is 11.7. The number of aryl methyl sites for hydroxylation is 1. The lowest BCUT2D eigenvalue weighted by Crippen LogP contribution is -2.48. The summed E-state index contributed by atoms with van der Waals surface area (Å²) in [4.78, 5) is 0. The standard InChI is InChI=1S/C34H46OSi/c1-21-17-28(34(8,9)10)30(35)29(18-21)36(11,12)31-26-19-22(32(2,3)4)13-15-24(26)25-16-14-23(20-27(25)31)33(5,6)7/h13-20,31,35H,1-12H3. The van der Waals surface area contributed by atoms with Crippen LogP contribution in [-0.2, 0) is 16.2 Å². The van der Waals surface area contributed by atoms with Crippen molar-refractivity contribution in [2.45, 2.75) is 104 Å². The van der Waals surface area contributed by atoms with Crippen LogP contribution in [0.25, 0.3) is 11.1 Å². The second kappa shape index (κ2) is 8.35. The molecular formula is C34H46OSi. The average Bonchev–Trinajstić information content (AvgIpc) is 3.06. The first kappa shape index (κ1) is 26.7. The molecule has 36 heavy (non-hydrogen) atoms. The molecule has 0 radical (unpaired) electrons. The Balaban J connectivity index is 2.04. The van der Waals surface area contributed by atoms with Gasteiger partial charge in [-0.2, -0.15) is 0 Å². The highest BCUT2D eigenvalue weighted by Gasteiger charge is 2.45. The first-order chi connectivity index (χ1) is 16.3. The van der Waals surface area contributed by atoms with E-state index in [0.717, 1.165) is 5.56 Å². The third-order valence-electron chi connectivity index (χ3n) is 8.23. The summed E-state index contributed by atoms with van der Waals surface area (Å²) in [5.41, 5.74) is 11.0. The highest BCUT2D eigenvalue weighted by molar-refractivity contribution is 6.92. The van der Waals surface area contributed by atoms with Crippen LogP contribution < -0.4 is 5.19 Å². The van der Waals surface area contributed by atoms with Crippen LogP contribution in [0.3, 0.4) is 0 Å². The molecule has 0 aromatic heterocycles. The molecule has 0 aliphatic heterocycles. The lowest BCUT2D eigenvalue weighted by Gasteiger charge is -2.35. The van der Waals surface area contributed by atoms with Gasteiger partial charge in [-0.05, 0) is 67.3 Å². The number of phenolic OH excluding ortho intramolecular Hbond substituents is 1. The van der Waals surface area contributed by atoms with E-state index >= 15 is 0 Å². The van der Waals surface area contributed by atoms with Crippen molar-refractivity contribution < 1.29 is 5.11 Å². The zero-order chi connectivity index (χ0) is 27.0. The van der Waals surface area contributed by atoms with Gasteiger partial charge in [0.2, 0.25) is 0 Å². The molecule has 0 atom stereocenters. The number of phenols is 1. The summed E-state index contributed by atoms with van der Waals surface area (Å²) < 4.78 is 0. The monoisotopic (exact) mass is 498 g/mol. The van der Waals surface area contributed by atoms with Gasteiger partial charge < -0.3 is 5.11 Å². The van der Waals surface area contributed by atoms with Gasteiger partial charge in [-0.1, -0.05) is 130 Å². The van der Waals surface area contributed by atoms with Gasteiger partial charge in [0.1, 0.15) is 5.75 Å². The van der Waals surface area contributed by atoms with Crippen LogP contribution in [-0.4, -0.2) is 13.2 Å². The van der Waals surface area contributed by atoms with Crippen LogP contribution in [0.15, 0.2) is 48.5 Å². The Bertz CT molecular complexity index is 1260. The molecule has 3 aromatic rings. The van der Waals surface area contributed by atoms with Crippen LogP contribution in [0.5, 0.6) is 5.75 Å². The van der Waals surface area contributed by atoms with E-state index in [1.54, 1.807) is 0 Å². The lowest BCUT2D eigenvalue weighted by molar-refractivity contribution is 0.450. The third-order valence-corrected chi connectivity index (χ3v) is 12.1. The molecule has 192 valence electrons. The van der Waals surface area contributed by atoms with Crippen molar-refractivity contribution in [2.24, 2.45) is 0 Å². The minimum Gasteiger partial charge on any atom is -0.508 e. The van der Waals surface area contributed by atoms with E-state index in [-0.39, 0.29) is 21.8 Å². The summed E-state index contributed by atoms with van der Waals surface area (Å²) >= 11 is 0. The first-order valence-corrected chi connectivity index (χ1v) is 16.5. The molecule has 3 aromatic carbocycles. The van der Waals surface area contributed by atoms with Crippen molar-refractivity contribution >= 4 is 13.3 Å². The Morgan fingerprint density at radius 2 is 1.08 bits per heavy atom. The molecule has 4 rings (SSSR count). The van der Waals surface area contributed by atoms with Crippen LogP contribution >= 0.6 is 0 Å². The van der Waals surface area contributed by atoms with Crippen molar-refractivity contribution in [1.82, 2.24) is 0 Å². The largest absolute Gasteiger partial charge is 0.508 e. The molecule has 0 saturated carbocycles. The molecule has 1 nitrogen and oxygen atoms in total. The average molecular weight is 499 g/mol. The van der Waals surface area contributed by atoms with Crippen molar-refractivity contribution in [2.75, 3.05) is 0 Å². The molecule has 0 saturated heterocycles. The smallest absolute Gasteiger partial charge is 0.118 e. The number of benzene rings is 3. The molecule has 0 unspecified atom stereocenters. The fourth-order valence-corrected chi connectivity index (χ4v) is 9.66. The topological polar surface area (TPSA) is 20.2 Å². The molecule has 2 heteroatoms. The van der Waals surface area contributed by atoms with Crippen LogP contribution in [0.2, 0.25) is 13.1 Å². The summed E-state index contributed by atoms with van der Waals surface area (Å²) in [7, 11) is -2.25. The SMILES string of the molecule is Cc1cc(C(C)(C)C)c(O)c([Si](C)(C)C2c3cc(C(C)(C)C)ccc3-c3ccc(C(C)(C)C)cc32)c1. The van der Waals surface area contributed by atoms with E-state index in [2.05, 4.69) is 131 Å². The zero-order valence-electron chi connectivity index (χ0n) is 24.6. The Morgan fingerprint density at radius 3 is 1.47 bits per heavy atom. The van der Waals surface area contributed by atoms with Gasteiger partial charge >= 0.3 is 0 Å². The highest BCUT2D eigenvalue weighted by Crippen LogP contribution is 2.51. The van der Waals surface area contributed by atoms with Crippen LogP contribution in [0.4, 0.5) is 0 Å². The van der Waals surface area contributed by atoms with E-state index in [1.807, 2.05) is 0 Å². The summed E-state index contributed by atoms with van der Waals surface area (Å²) in [5, 5.41) is 12.9. The minimum absolute atomic E-state index is 0.0848. The van der Waals surface area contributed by atoms with Gasteiger partial charge in [-0.15, -0.1) is 0 Å². The predicted octanol–water partition coefficient (Wildman–Crippen LogP) is 8.86. The summed E-state index contributed by atoms with van der Waals surface area (Å²) in [5.74, 6) is 0.513. The molecule has 0 heterocycles. The molecular weight excluding hydrogens is 452 g/mol. The molecule has 0 spiro atoms. The van der Waals surface area contributed by atoms with Crippen molar-refractivity contribution in [1.29, 1.82) is 0 Å². The number of rotatable bonds is 2. The molecule has 0 bridgehead atoms. The molecule has 1 aliphatic rings. The summed E-state index contributed by atoms with van der Waals surface area (Å²) in [6.07, 6.45) is 0. The van der Waals surface area contributed by atoms with E-state index < -0.39 is 8.07 Å². The lowest BCUT2D eigenvalue weighted by atomic mass is 9.85. The Labute approximate surface area is 221 Å². The Kier molecular flexibility index (Phi) is 6.20. The van der Waals surface area contributed by atoms with Gasteiger partial charge in [-0.3, -0.25) is 0 Å². The maximum atomic E-state index is 11.7. The molecule has 0 fully saturated rings. The number of hydrogen-bond acceptors (Lipinski definition) is 1. The Morgan fingerprint density at radius 1 is 0.639 bits per heavy atom. The van der Waals surface area contributed by atoms with Crippen molar-refractivity contribution in [3.63, 3.8) is 0 Å². The number of hydrogen-bond donors (Lipinski definition) is 1. The van der Waals surface area contributed by atoms with Gasteiger partial charge in [0, 0.05) is 5.54 Å². The quantitative estimate of drug-likeness (QED) is 0.350. The van der Waals surface area contributed by atoms with Gasteiger partial charge in [0.15, 0.2) is 0 Å². The second-order valence-electron chi connectivity index (χ2n) is 14.7. The van der Waals surface area contributed by atoms with E-state index in [0.29, 0.717) is 5.75 Å². The highest BCUT2D eigenvalue weighted by atomic mass is 28.3. The zero-order valence-corrected chi connectivity index (χ0v) is 25.6. The van der Waals surface area contributed by atoms with Gasteiger partial charge in [-0.25, -0.2) is 0 Å². The fraction of sp³-hybridized carbons (Fsp3) is 0.471. The van der Waals surface area contributed by atoms with Crippen LogP contribution in [0, 0.1) is 6.92 Å². The van der Waals surface area contributed by atoms with E-state index in [4.69, 9.17) is 0 Å². The van der Waals surface area contributed by atoms with Gasteiger partial charge in [0.25, 0.3) is 0 Å². The number of fused-ring (bicyclic) bond motifs is 3. The fourth-order valence-electron chi connectivity index (χ4n) is 5.97. The summed E-state index contributed by atoms with van der Waals surface area (Å²) in [6.45, 7) is 27.5. The first-order valence-electron chi connectivity index (χ1n) is 13.5. The second-order valence-corrected chi connectivity index (χ2v) is 19.3. The van der Waals surface area contributed by atoms with E-state index in [1.165, 1.54) is 44.1 Å². The van der Waals surface area contributed by atoms with Crippen molar-refractivity contribution in [3.8, 4) is 16.9 Å². The molecule has 1 N–H and O–H groups in total. The summed E-state index contributed by atoms with van der Waals surface area (Å²) in [6, 6.07) is 18.7. The van der Waals surface area contributed by atoms with E-state index in [9.17, 15) is 5.11 Å². The maximum Gasteiger partial charge on any atom is 0.118 e. The van der Waals surface area contributed by atoms with Crippen LogP contribution in [0.1, 0.15) is 101 Å². The minimum atomic E-state index is -2.25. The van der Waals surface area contributed by atoms with Crippen molar-refractivity contribution in [3.05, 3.63) is 81.9 Å². The van der Waals surface area contributed by atoms with Gasteiger partial charge in [0.05, 0.1) is 8.07 Å². The molecule has 0 amide bonds. The Hall–Kier alpha value is -2.32. The molecule has 1 aliphatic carbocycles. The third kappa shape index (κ3) is 4.47.